The summed E-state index contributed by atoms with van der Waals surface area (Å²) in [5, 5.41) is 12.5. The molecule has 2 aromatic rings. The Morgan fingerprint density at radius 3 is 2.63 bits per heavy atom. The van der Waals surface area contributed by atoms with E-state index in [1.165, 1.54) is 30.0 Å². The third-order valence-corrected chi connectivity index (χ3v) is 4.47. The van der Waals surface area contributed by atoms with Gasteiger partial charge in [0.1, 0.15) is 24.7 Å². The van der Waals surface area contributed by atoms with Crippen LogP contribution >= 0.6 is 11.8 Å². The van der Waals surface area contributed by atoms with E-state index in [1.807, 2.05) is 36.6 Å². The molecule has 0 spiro atoms. The van der Waals surface area contributed by atoms with Crippen LogP contribution in [-0.2, 0) is 16.1 Å². The fraction of sp³-hybridized carbons (Fsp3) is 0.250. The predicted molar refractivity (Wildman–Crippen MR) is 104 cm³/mol. The van der Waals surface area contributed by atoms with Crippen LogP contribution in [0.1, 0.15) is 32.7 Å². The van der Waals surface area contributed by atoms with Crippen molar-refractivity contribution in [3.8, 4) is 5.75 Å². The summed E-state index contributed by atoms with van der Waals surface area (Å²) < 4.78 is 5.32. The van der Waals surface area contributed by atoms with E-state index in [9.17, 15) is 19.5 Å². The van der Waals surface area contributed by atoms with Crippen molar-refractivity contribution in [2.24, 2.45) is 0 Å². The van der Waals surface area contributed by atoms with Crippen LogP contribution in [0.4, 0.5) is 0 Å². The second kappa shape index (κ2) is 10.4. The smallest absolute Gasteiger partial charge is 0.329 e. The van der Waals surface area contributed by atoms with Gasteiger partial charge in [-0.1, -0.05) is 30.3 Å². The summed E-state index contributed by atoms with van der Waals surface area (Å²) in [5.74, 6) is -0.809. The number of aldehydes is 1. The number of phenolic OH excluding ortho intramolecular Hbond substituents is 1. The molecule has 7 heteroatoms. The summed E-state index contributed by atoms with van der Waals surface area (Å²) in [6.45, 7) is 0.108. The van der Waals surface area contributed by atoms with Gasteiger partial charge in [-0.15, -0.1) is 0 Å². The molecule has 27 heavy (non-hydrogen) atoms. The quantitative estimate of drug-likeness (QED) is 0.508. The van der Waals surface area contributed by atoms with Crippen LogP contribution in [0.15, 0.2) is 48.5 Å². The maximum atomic E-state index is 12.5. The molecule has 2 aromatic carbocycles. The van der Waals surface area contributed by atoms with Gasteiger partial charge in [0.15, 0.2) is 0 Å². The lowest BCUT2D eigenvalue weighted by atomic mass is 10.1. The zero-order chi connectivity index (χ0) is 19.6. The average molecular weight is 387 g/mol. The molecular weight excluding hydrogens is 366 g/mol. The second-order valence-corrected chi connectivity index (χ2v) is 6.78. The summed E-state index contributed by atoms with van der Waals surface area (Å²) >= 11 is 1.54. The van der Waals surface area contributed by atoms with Crippen LogP contribution in [-0.4, -0.2) is 41.3 Å². The Labute approximate surface area is 161 Å². The number of hydrogen-bond donors (Lipinski definition) is 2. The van der Waals surface area contributed by atoms with Crippen LogP contribution in [0.2, 0.25) is 0 Å². The first-order valence-corrected chi connectivity index (χ1v) is 9.73. The number of aromatic hydroxyl groups is 1. The molecule has 0 aliphatic rings. The molecular formula is C20H21NO5S. The molecule has 6 nitrogen and oxygen atoms in total. The maximum Gasteiger partial charge on any atom is 0.329 e. The van der Waals surface area contributed by atoms with Crippen molar-refractivity contribution in [2.45, 2.75) is 19.1 Å². The normalized spacial score (nSPS) is 11.4. The van der Waals surface area contributed by atoms with Crippen LogP contribution < -0.4 is 5.32 Å². The van der Waals surface area contributed by atoms with Gasteiger partial charge in [0.05, 0.1) is 5.56 Å². The van der Waals surface area contributed by atoms with E-state index in [0.29, 0.717) is 18.5 Å². The number of phenols is 1. The monoisotopic (exact) mass is 387 g/mol. The highest BCUT2D eigenvalue weighted by Crippen LogP contribution is 2.18. The van der Waals surface area contributed by atoms with Gasteiger partial charge in [0.25, 0.3) is 5.91 Å². The minimum Gasteiger partial charge on any atom is -0.507 e. The molecule has 142 valence electrons. The van der Waals surface area contributed by atoms with E-state index in [1.54, 1.807) is 0 Å². The first kappa shape index (κ1) is 20.5. The van der Waals surface area contributed by atoms with Crippen molar-refractivity contribution in [3.05, 3.63) is 65.2 Å². The highest BCUT2D eigenvalue weighted by Gasteiger charge is 2.24. The number of nitrogens with one attached hydrogen (secondary N) is 1. The predicted octanol–water partition coefficient (Wildman–Crippen LogP) is 2.80. The van der Waals surface area contributed by atoms with Crippen molar-refractivity contribution in [1.82, 2.24) is 5.32 Å². The number of carbonyl (C=O) groups excluding carboxylic acids is 3. The van der Waals surface area contributed by atoms with Gasteiger partial charge in [0, 0.05) is 5.56 Å². The fourth-order valence-corrected chi connectivity index (χ4v) is 2.83. The SMILES string of the molecule is CSCC[C@H](NC(=O)c1cc(C=O)ccc1O)C(=O)OCc1ccccc1. The van der Waals surface area contributed by atoms with Crippen molar-refractivity contribution >= 4 is 29.9 Å². The van der Waals surface area contributed by atoms with E-state index in [-0.39, 0.29) is 23.5 Å². The third kappa shape index (κ3) is 6.14. The molecule has 0 aliphatic heterocycles. The zero-order valence-corrected chi connectivity index (χ0v) is 15.7. The molecule has 0 heterocycles. The molecule has 0 saturated heterocycles. The van der Waals surface area contributed by atoms with Crippen LogP contribution in [0, 0.1) is 0 Å². The van der Waals surface area contributed by atoms with Gasteiger partial charge < -0.3 is 15.2 Å². The van der Waals surface area contributed by atoms with Crippen molar-refractivity contribution in [2.75, 3.05) is 12.0 Å². The second-order valence-electron chi connectivity index (χ2n) is 5.80. The van der Waals surface area contributed by atoms with Crippen LogP contribution in [0.5, 0.6) is 5.75 Å². The molecule has 0 unspecified atom stereocenters. The van der Waals surface area contributed by atoms with Crippen molar-refractivity contribution in [1.29, 1.82) is 0 Å². The summed E-state index contributed by atoms with van der Waals surface area (Å²) in [5.41, 5.74) is 1.03. The summed E-state index contributed by atoms with van der Waals surface area (Å²) in [6, 6.07) is 12.3. The van der Waals surface area contributed by atoms with Crippen LogP contribution in [0.25, 0.3) is 0 Å². The first-order valence-electron chi connectivity index (χ1n) is 8.33. The first-order chi connectivity index (χ1) is 13.0. The molecule has 0 aromatic heterocycles. The summed E-state index contributed by atoms with van der Waals surface area (Å²) in [4.78, 5) is 35.8. The van der Waals surface area contributed by atoms with Crippen molar-refractivity contribution in [3.63, 3.8) is 0 Å². The van der Waals surface area contributed by atoms with Gasteiger partial charge in [-0.2, -0.15) is 11.8 Å². The average Bonchev–Trinajstić information content (AvgIpc) is 2.70. The zero-order valence-electron chi connectivity index (χ0n) is 14.9. The molecule has 2 N–H and O–H groups in total. The fourth-order valence-electron chi connectivity index (χ4n) is 2.36. The Kier molecular flexibility index (Phi) is 7.88. The van der Waals surface area contributed by atoms with Gasteiger partial charge in [-0.3, -0.25) is 9.59 Å². The number of rotatable bonds is 9. The van der Waals surface area contributed by atoms with E-state index >= 15 is 0 Å². The van der Waals surface area contributed by atoms with Gasteiger partial charge in [-0.05, 0) is 42.2 Å². The Morgan fingerprint density at radius 2 is 1.96 bits per heavy atom. The highest BCUT2D eigenvalue weighted by atomic mass is 32.2. The van der Waals surface area contributed by atoms with Gasteiger partial charge in [0.2, 0.25) is 0 Å². The number of thioether (sulfide) groups is 1. The lowest BCUT2D eigenvalue weighted by molar-refractivity contribution is -0.147. The third-order valence-electron chi connectivity index (χ3n) is 3.83. The lowest BCUT2D eigenvalue weighted by Gasteiger charge is -2.18. The Hall–Kier alpha value is -2.80. The molecule has 1 atom stereocenters. The molecule has 0 radical (unpaired) electrons. The summed E-state index contributed by atoms with van der Waals surface area (Å²) in [7, 11) is 0. The molecule has 0 saturated carbocycles. The number of esters is 1. The van der Waals surface area contributed by atoms with E-state index in [0.717, 1.165) is 5.56 Å². The topological polar surface area (TPSA) is 92.7 Å². The molecule has 0 bridgehead atoms. The largest absolute Gasteiger partial charge is 0.507 e. The molecule has 0 fully saturated rings. The van der Waals surface area contributed by atoms with Gasteiger partial charge >= 0.3 is 5.97 Å². The van der Waals surface area contributed by atoms with E-state index in [2.05, 4.69) is 5.32 Å². The maximum absolute atomic E-state index is 12.5. The standard InChI is InChI=1S/C20H21NO5S/c1-27-10-9-17(20(25)26-13-14-5-3-2-4-6-14)21-19(24)16-11-15(12-22)7-8-18(16)23/h2-8,11-12,17,23H,9-10,13H2,1H3,(H,21,24)/t17-/m0/s1. The minimum absolute atomic E-state index is 0.0652. The number of hydrogen-bond acceptors (Lipinski definition) is 6. The lowest BCUT2D eigenvalue weighted by Crippen LogP contribution is -2.42. The Bertz CT molecular complexity index is 794. The molecule has 2 rings (SSSR count). The number of ether oxygens (including phenoxy) is 1. The van der Waals surface area contributed by atoms with E-state index in [4.69, 9.17) is 4.74 Å². The van der Waals surface area contributed by atoms with E-state index < -0.39 is 17.9 Å². The van der Waals surface area contributed by atoms with Crippen molar-refractivity contribution < 1.29 is 24.2 Å². The minimum atomic E-state index is -0.854. The number of amides is 1. The Morgan fingerprint density at radius 1 is 1.22 bits per heavy atom. The molecule has 1 amide bonds. The van der Waals surface area contributed by atoms with Crippen LogP contribution in [0.3, 0.4) is 0 Å². The highest BCUT2D eigenvalue weighted by molar-refractivity contribution is 7.98. The van der Waals surface area contributed by atoms with Gasteiger partial charge in [-0.25, -0.2) is 4.79 Å². The molecule has 0 aliphatic carbocycles. The number of benzene rings is 2. The Balaban J connectivity index is 2.07. The summed E-state index contributed by atoms with van der Waals surface area (Å²) in [6.07, 6.45) is 2.86. The number of carbonyl (C=O) groups is 3.